The Morgan fingerprint density at radius 2 is 1.63 bits per heavy atom. The van der Waals surface area contributed by atoms with Crippen LogP contribution in [0.2, 0.25) is 0 Å². The molecule has 0 unspecified atom stereocenters. The smallest absolute Gasteiger partial charge is 0.407 e. The van der Waals surface area contributed by atoms with Gasteiger partial charge in [-0.2, -0.15) is 0 Å². The summed E-state index contributed by atoms with van der Waals surface area (Å²) in [6.45, 7) is 0.0961. The summed E-state index contributed by atoms with van der Waals surface area (Å²) in [7, 11) is 0. The van der Waals surface area contributed by atoms with E-state index in [4.69, 9.17) is 5.11 Å². The number of hydrogen-bond donors (Lipinski definition) is 2. The van der Waals surface area contributed by atoms with Crippen molar-refractivity contribution >= 4 is 6.09 Å². The van der Waals surface area contributed by atoms with Crippen molar-refractivity contribution < 1.29 is 28.2 Å². The molecule has 19 heavy (non-hydrogen) atoms. The minimum Gasteiger partial charge on any atom is -0.465 e. The van der Waals surface area contributed by atoms with E-state index in [9.17, 15) is 23.1 Å². The molecule has 1 aromatic carbocycles. The third-order valence-corrected chi connectivity index (χ3v) is 3.38. The number of hydrogen-bond acceptors (Lipinski definition) is 2. The lowest BCUT2D eigenvalue weighted by Gasteiger charge is -2.37. The van der Waals surface area contributed by atoms with E-state index in [0.29, 0.717) is 0 Å². The van der Waals surface area contributed by atoms with Crippen molar-refractivity contribution in [1.82, 2.24) is 4.90 Å². The van der Waals surface area contributed by atoms with Gasteiger partial charge in [0.15, 0.2) is 17.5 Å². The number of nitrogens with zero attached hydrogens (tertiary/aromatic N) is 1. The van der Waals surface area contributed by atoms with Gasteiger partial charge in [0.2, 0.25) is 0 Å². The van der Waals surface area contributed by atoms with E-state index in [-0.39, 0.29) is 31.5 Å². The summed E-state index contributed by atoms with van der Waals surface area (Å²) in [5, 5.41) is 19.1. The molecular formula is C12H12F3NO3. The van der Waals surface area contributed by atoms with Gasteiger partial charge in [-0.25, -0.2) is 18.0 Å². The maximum atomic E-state index is 13.1. The Kier molecular flexibility index (Phi) is 3.40. The third-order valence-electron chi connectivity index (χ3n) is 3.38. The second kappa shape index (κ2) is 4.73. The van der Waals surface area contributed by atoms with Crippen molar-refractivity contribution in [2.75, 3.05) is 13.1 Å². The molecule has 0 spiro atoms. The van der Waals surface area contributed by atoms with Crippen LogP contribution in [0.1, 0.15) is 18.4 Å². The third kappa shape index (κ3) is 2.51. The molecule has 2 N–H and O–H groups in total. The quantitative estimate of drug-likeness (QED) is 0.771. The van der Waals surface area contributed by atoms with Crippen LogP contribution in [-0.4, -0.2) is 34.3 Å². The Morgan fingerprint density at radius 3 is 2.05 bits per heavy atom. The van der Waals surface area contributed by atoms with Crippen molar-refractivity contribution in [3.05, 3.63) is 35.1 Å². The minimum absolute atomic E-state index is 0.00378. The van der Waals surface area contributed by atoms with Crippen molar-refractivity contribution in [2.45, 2.75) is 18.4 Å². The van der Waals surface area contributed by atoms with Crippen LogP contribution in [0.25, 0.3) is 0 Å². The molecule has 1 aliphatic heterocycles. The average molecular weight is 275 g/mol. The first kappa shape index (κ1) is 13.7. The van der Waals surface area contributed by atoms with E-state index in [1.165, 1.54) is 0 Å². The van der Waals surface area contributed by atoms with Crippen LogP contribution in [0.3, 0.4) is 0 Å². The van der Waals surface area contributed by atoms with E-state index in [1.54, 1.807) is 0 Å². The maximum absolute atomic E-state index is 13.1. The van der Waals surface area contributed by atoms with Crippen LogP contribution in [0.4, 0.5) is 18.0 Å². The number of carboxylic acid groups (broad SMARTS) is 1. The monoisotopic (exact) mass is 275 g/mol. The Morgan fingerprint density at radius 1 is 1.16 bits per heavy atom. The van der Waals surface area contributed by atoms with Crippen molar-refractivity contribution in [3.8, 4) is 0 Å². The first-order chi connectivity index (χ1) is 8.83. The van der Waals surface area contributed by atoms with Gasteiger partial charge in [0.05, 0.1) is 5.60 Å². The highest BCUT2D eigenvalue weighted by molar-refractivity contribution is 5.65. The lowest BCUT2D eigenvalue weighted by Crippen LogP contribution is -2.44. The number of amides is 1. The molecule has 1 fully saturated rings. The van der Waals surface area contributed by atoms with Crippen molar-refractivity contribution in [2.24, 2.45) is 0 Å². The molecule has 1 aromatic rings. The highest BCUT2D eigenvalue weighted by Crippen LogP contribution is 2.34. The number of carbonyl (C=O) groups is 1. The summed E-state index contributed by atoms with van der Waals surface area (Å²) in [4.78, 5) is 11.8. The van der Waals surface area contributed by atoms with E-state index in [1.807, 2.05) is 0 Å². The van der Waals surface area contributed by atoms with Gasteiger partial charge in [-0.05, 0) is 30.5 Å². The van der Waals surface area contributed by atoms with Crippen LogP contribution < -0.4 is 0 Å². The largest absolute Gasteiger partial charge is 0.465 e. The molecule has 1 heterocycles. The summed E-state index contributed by atoms with van der Waals surface area (Å²) in [6.07, 6.45) is -1.10. The zero-order valence-corrected chi connectivity index (χ0v) is 9.87. The maximum Gasteiger partial charge on any atom is 0.407 e. The fourth-order valence-electron chi connectivity index (χ4n) is 2.18. The summed E-state index contributed by atoms with van der Waals surface area (Å²) in [6, 6.07) is 1.49. The molecule has 7 heteroatoms. The lowest BCUT2D eigenvalue weighted by atomic mass is 9.84. The van der Waals surface area contributed by atoms with E-state index in [2.05, 4.69) is 0 Å². The van der Waals surface area contributed by atoms with Crippen LogP contribution in [-0.2, 0) is 5.60 Å². The van der Waals surface area contributed by atoms with Gasteiger partial charge < -0.3 is 15.1 Å². The molecule has 0 radical (unpaired) electrons. The van der Waals surface area contributed by atoms with E-state index < -0.39 is 29.1 Å². The number of benzene rings is 1. The Hall–Kier alpha value is -1.76. The van der Waals surface area contributed by atoms with Gasteiger partial charge in [-0.3, -0.25) is 0 Å². The Labute approximate surface area is 107 Å². The van der Waals surface area contributed by atoms with Gasteiger partial charge in [-0.15, -0.1) is 0 Å². The number of piperidine rings is 1. The van der Waals surface area contributed by atoms with Crippen molar-refractivity contribution in [1.29, 1.82) is 0 Å². The Balaban J connectivity index is 2.25. The average Bonchev–Trinajstić information content (AvgIpc) is 2.35. The predicted octanol–water partition coefficient (Wildman–Crippen LogP) is 2.07. The fraction of sp³-hybridized carbons (Fsp3) is 0.417. The van der Waals surface area contributed by atoms with Gasteiger partial charge in [-0.1, -0.05) is 0 Å². The zero-order chi connectivity index (χ0) is 14.2. The molecule has 0 atom stereocenters. The number of likely N-dealkylation sites (tertiary alicyclic amines) is 1. The number of rotatable bonds is 1. The molecule has 104 valence electrons. The second-order valence-electron chi connectivity index (χ2n) is 4.56. The van der Waals surface area contributed by atoms with Crippen LogP contribution in [0.5, 0.6) is 0 Å². The van der Waals surface area contributed by atoms with Crippen LogP contribution in [0.15, 0.2) is 12.1 Å². The topological polar surface area (TPSA) is 60.8 Å². The first-order valence-electron chi connectivity index (χ1n) is 5.69. The van der Waals surface area contributed by atoms with Crippen molar-refractivity contribution in [3.63, 3.8) is 0 Å². The van der Waals surface area contributed by atoms with Crippen LogP contribution in [0, 0.1) is 17.5 Å². The highest BCUT2D eigenvalue weighted by atomic mass is 19.2. The SMILES string of the molecule is O=C(O)N1CCC(O)(c2cc(F)c(F)c(F)c2)CC1. The minimum atomic E-state index is -1.59. The normalized spacial score (nSPS) is 18.4. The van der Waals surface area contributed by atoms with E-state index in [0.717, 1.165) is 17.0 Å². The molecule has 1 amide bonds. The van der Waals surface area contributed by atoms with Gasteiger partial charge >= 0.3 is 6.09 Å². The Bertz CT molecular complexity index is 490. The summed E-state index contributed by atoms with van der Waals surface area (Å²) in [5.41, 5.74) is -1.62. The summed E-state index contributed by atoms with van der Waals surface area (Å²) in [5.74, 6) is -4.33. The second-order valence-corrected chi connectivity index (χ2v) is 4.56. The summed E-state index contributed by atoms with van der Waals surface area (Å²) >= 11 is 0. The first-order valence-corrected chi connectivity index (χ1v) is 5.69. The lowest BCUT2D eigenvalue weighted by molar-refractivity contribution is -0.0218. The molecule has 0 saturated carbocycles. The molecule has 0 aromatic heterocycles. The molecule has 0 aliphatic carbocycles. The molecule has 0 bridgehead atoms. The van der Waals surface area contributed by atoms with Gasteiger partial charge in [0.25, 0.3) is 0 Å². The van der Waals surface area contributed by atoms with Crippen LogP contribution >= 0.6 is 0 Å². The molecule has 2 rings (SSSR count). The zero-order valence-electron chi connectivity index (χ0n) is 9.87. The highest BCUT2D eigenvalue weighted by Gasteiger charge is 2.36. The molecule has 1 aliphatic rings. The van der Waals surface area contributed by atoms with E-state index >= 15 is 0 Å². The van der Waals surface area contributed by atoms with Gasteiger partial charge in [0.1, 0.15) is 0 Å². The number of halogens is 3. The van der Waals surface area contributed by atoms with Gasteiger partial charge in [0, 0.05) is 13.1 Å². The standard InChI is InChI=1S/C12H12F3NO3/c13-8-5-7(6-9(14)10(8)15)12(19)1-3-16(4-2-12)11(17)18/h5-6,19H,1-4H2,(H,17,18). The predicted molar refractivity (Wildman–Crippen MR) is 59.0 cm³/mol. The molecule has 4 nitrogen and oxygen atoms in total. The molecular weight excluding hydrogens is 263 g/mol. The fourth-order valence-corrected chi connectivity index (χ4v) is 2.18. The molecule has 1 saturated heterocycles. The number of aliphatic hydroxyl groups is 1. The summed E-state index contributed by atoms with van der Waals surface area (Å²) < 4.78 is 39.1.